The molecule has 18 heavy (non-hydrogen) atoms. The summed E-state index contributed by atoms with van der Waals surface area (Å²) in [5.41, 5.74) is 2.81. The van der Waals surface area contributed by atoms with Crippen LogP contribution in [0.4, 0.5) is 5.69 Å². The Morgan fingerprint density at radius 2 is 2.33 bits per heavy atom. The summed E-state index contributed by atoms with van der Waals surface area (Å²) in [6.07, 6.45) is 2.83. The Hall–Kier alpha value is -1.26. The third kappa shape index (κ3) is 3.62. The molecule has 0 saturated carbocycles. The molecule has 0 spiro atoms. The van der Waals surface area contributed by atoms with Gasteiger partial charge in [0, 0.05) is 16.8 Å². The molecule has 0 radical (unpaired) electrons. The minimum atomic E-state index is 0.637. The van der Waals surface area contributed by atoms with Crippen molar-refractivity contribution in [3.63, 3.8) is 0 Å². The van der Waals surface area contributed by atoms with E-state index in [9.17, 15) is 0 Å². The minimum Gasteiger partial charge on any atom is -0.492 e. The third-order valence-electron chi connectivity index (χ3n) is 2.34. The SMILES string of the molecule is CCCOc1ccc(NCc2cncs2)cc1Cl. The van der Waals surface area contributed by atoms with Gasteiger partial charge in [0.2, 0.25) is 0 Å². The molecular weight excluding hydrogens is 268 g/mol. The Morgan fingerprint density at radius 3 is 3.00 bits per heavy atom. The fraction of sp³-hybridized carbons (Fsp3) is 0.308. The van der Waals surface area contributed by atoms with Gasteiger partial charge in [0.05, 0.1) is 23.7 Å². The highest BCUT2D eigenvalue weighted by Gasteiger charge is 2.03. The van der Waals surface area contributed by atoms with Crippen molar-refractivity contribution in [2.45, 2.75) is 19.9 Å². The molecule has 1 N–H and O–H groups in total. The van der Waals surface area contributed by atoms with Gasteiger partial charge in [0.1, 0.15) is 5.75 Å². The smallest absolute Gasteiger partial charge is 0.138 e. The van der Waals surface area contributed by atoms with Gasteiger partial charge in [-0.05, 0) is 24.6 Å². The van der Waals surface area contributed by atoms with Crippen LogP contribution in [0, 0.1) is 0 Å². The summed E-state index contributed by atoms with van der Waals surface area (Å²) < 4.78 is 5.52. The number of ether oxygens (including phenoxy) is 1. The van der Waals surface area contributed by atoms with Crippen LogP contribution in [-0.2, 0) is 6.54 Å². The van der Waals surface area contributed by atoms with Crippen LogP contribution in [0.3, 0.4) is 0 Å². The molecule has 1 aromatic heterocycles. The zero-order chi connectivity index (χ0) is 12.8. The zero-order valence-electron chi connectivity index (χ0n) is 10.1. The molecule has 0 atom stereocenters. The average molecular weight is 283 g/mol. The van der Waals surface area contributed by atoms with Crippen LogP contribution in [0.2, 0.25) is 5.02 Å². The summed E-state index contributed by atoms with van der Waals surface area (Å²) >= 11 is 7.78. The first-order valence-corrected chi connectivity index (χ1v) is 7.09. The molecule has 0 aliphatic rings. The van der Waals surface area contributed by atoms with Gasteiger partial charge in [-0.3, -0.25) is 4.98 Å². The fourth-order valence-electron chi connectivity index (χ4n) is 1.46. The lowest BCUT2D eigenvalue weighted by atomic mass is 10.3. The van der Waals surface area contributed by atoms with Crippen LogP contribution in [0.25, 0.3) is 0 Å². The van der Waals surface area contributed by atoms with Gasteiger partial charge in [0.25, 0.3) is 0 Å². The van der Waals surface area contributed by atoms with E-state index in [4.69, 9.17) is 16.3 Å². The maximum absolute atomic E-state index is 6.15. The van der Waals surface area contributed by atoms with Crippen LogP contribution in [-0.4, -0.2) is 11.6 Å². The van der Waals surface area contributed by atoms with Crippen molar-refractivity contribution < 1.29 is 4.74 Å². The van der Waals surface area contributed by atoms with Gasteiger partial charge < -0.3 is 10.1 Å². The molecule has 0 aliphatic heterocycles. The van der Waals surface area contributed by atoms with Crippen LogP contribution in [0.5, 0.6) is 5.75 Å². The maximum Gasteiger partial charge on any atom is 0.138 e. The quantitative estimate of drug-likeness (QED) is 0.862. The van der Waals surface area contributed by atoms with Crippen molar-refractivity contribution >= 4 is 28.6 Å². The lowest BCUT2D eigenvalue weighted by Gasteiger charge is -2.09. The molecule has 0 amide bonds. The predicted molar refractivity (Wildman–Crippen MR) is 76.7 cm³/mol. The van der Waals surface area contributed by atoms with Gasteiger partial charge in [-0.15, -0.1) is 11.3 Å². The van der Waals surface area contributed by atoms with Crippen LogP contribution >= 0.6 is 22.9 Å². The van der Waals surface area contributed by atoms with E-state index in [1.54, 1.807) is 11.3 Å². The van der Waals surface area contributed by atoms with Gasteiger partial charge >= 0.3 is 0 Å². The summed E-state index contributed by atoms with van der Waals surface area (Å²) in [4.78, 5) is 5.22. The standard InChI is InChI=1S/C13H15ClN2OS/c1-2-5-17-13-4-3-10(6-12(13)14)16-8-11-7-15-9-18-11/h3-4,6-7,9,16H,2,5,8H2,1H3. The lowest BCUT2D eigenvalue weighted by Crippen LogP contribution is -1.99. The van der Waals surface area contributed by atoms with Crippen molar-refractivity contribution in [3.8, 4) is 5.75 Å². The molecular formula is C13H15ClN2OS. The number of nitrogens with one attached hydrogen (secondary N) is 1. The van der Waals surface area contributed by atoms with Gasteiger partial charge in [-0.1, -0.05) is 18.5 Å². The van der Waals surface area contributed by atoms with Crippen LogP contribution < -0.4 is 10.1 Å². The summed E-state index contributed by atoms with van der Waals surface area (Å²) in [6.45, 7) is 3.52. The number of hydrogen-bond acceptors (Lipinski definition) is 4. The molecule has 3 nitrogen and oxygen atoms in total. The summed E-state index contributed by atoms with van der Waals surface area (Å²) in [5.74, 6) is 0.738. The largest absolute Gasteiger partial charge is 0.492 e. The van der Waals surface area contributed by atoms with E-state index in [0.29, 0.717) is 11.6 Å². The number of rotatable bonds is 6. The molecule has 0 saturated heterocycles. The Kier molecular flexibility index (Phi) is 4.84. The first-order chi connectivity index (χ1) is 8.79. The van der Waals surface area contributed by atoms with Crippen molar-refractivity contribution in [1.82, 2.24) is 4.98 Å². The van der Waals surface area contributed by atoms with E-state index in [2.05, 4.69) is 17.2 Å². The minimum absolute atomic E-state index is 0.637. The normalized spacial score (nSPS) is 10.3. The van der Waals surface area contributed by atoms with Crippen molar-refractivity contribution in [2.24, 2.45) is 0 Å². The van der Waals surface area contributed by atoms with E-state index in [-0.39, 0.29) is 0 Å². The number of benzene rings is 1. The molecule has 96 valence electrons. The van der Waals surface area contributed by atoms with Crippen LogP contribution in [0.15, 0.2) is 29.9 Å². The van der Waals surface area contributed by atoms with Crippen molar-refractivity contribution in [3.05, 3.63) is 39.8 Å². The van der Waals surface area contributed by atoms with E-state index < -0.39 is 0 Å². The van der Waals surface area contributed by atoms with E-state index >= 15 is 0 Å². The number of halogens is 1. The monoisotopic (exact) mass is 282 g/mol. The molecule has 0 unspecified atom stereocenters. The molecule has 1 aromatic carbocycles. The highest BCUT2D eigenvalue weighted by atomic mass is 35.5. The van der Waals surface area contributed by atoms with Gasteiger partial charge in [0.15, 0.2) is 0 Å². The first-order valence-electron chi connectivity index (χ1n) is 5.83. The third-order valence-corrected chi connectivity index (χ3v) is 3.42. The molecule has 5 heteroatoms. The molecule has 1 heterocycles. The van der Waals surface area contributed by atoms with E-state index in [1.807, 2.05) is 29.9 Å². The molecule has 2 rings (SSSR count). The summed E-state index contributed by atoms with van der Waals surface area (Å²) in [7, 11) is 0. The van der Waals surface area contributed by atoms with Crippen molar-refractivity contribution in [1.29, 1.82) is 0 Å². The highest BCUT2D eigenvalue weighted by Crippen LogP contribution is 2.28. The Morgan fingerprint density at radius 1 is 1.44 bits per heavy atom. The molecule has 2 aromatic rings. The van der Waals surface area contributed by atoms with Crippen LogP contribution in [0.1, 0.15) is 18.2 Å². The Bertz CT molecular complexity index is 488. The second-order valence-corrected chi connectivity index (χ2v) is 5.19. The van der Waals surface area contributed by atoms with Crippen molar-refractivity contribution in [2.75, 3.05) is 11.9 Å². The number of aromatic nitrogens is 1. The molecule has 0 fully saturated rings. The summed E-state index contributed by atoms with van der Waals surface area (Å²) in [5, 5.41) is 3.94. The Labute approximate surface area is 116 Å². The average Bonchev–Trinajstić information content (AvgIpc) is 2.88. The number of hydrogen-bond donors (Lipinski definition) is 1. The topological polar surface area (TPSA) is 34.1 Å². The second-order valence-electron chi connectivity index (χ2n) is 3.81. The molecule has 0 bridgehead atoms. The first kappa shape index (κ1) is 13.2. The highest BCUT2D eigenvalue weighted by molar-refractivity contribution is 7.09. The number of anilines is 1. The second kappa shape index (κ2) is 6.61. The van der Waals surface area contributed by atoms with Gasteiger partial charge in [-0.2, -0.15) is 0 Å². The molecule has 0 aliphatic carbocycles. The van der Waals surface area contributed by atoms with Gasteiger partial charge in [-0.25, -0.2) is 0 Å². The fourth-order valence-corrected chi connectivity index (χ4v) is 2.23. The number of nitrogens with zero attached hydrogens (tertiary/aromatic N) is 1. The maximum atomic E-state index is 6.15. The lowest BCUT2D eigenvalue weighted by molar-refractivity contribution is 0.317. The zero-order valence-corrected chi connectivity index (χ0v) is 11.7. The summed E-state index contributed by atoms with van der Waals surface area (Å²) in [6, 6.07) is 5.75. The number of thiazole rings is 1. The van der Waals surface area contributed by atoms with E-state index in [0.717, 1.165) is 24.4 Å². The van der Waals surface area contributed by atoms with E-state index in [1.165, 1.54) is 4.88 Å². The predicted octanol–water partition coefficient (Wildman–Crippen LogP) is 4.20. The Balaban J connectivity index is 1.95.